The van der Waals surface area contributed by atoms with Crippen LogP contribution in [0.1, 0.15) is 0 Å². The van der Waals surface area contributed by atoms with Gasteiger partial charge in [-0.3, -0.25) is 10.1 Å². The van der Waals surface area contributed by atoms with Gasteiger partial charge in [0, 0.05) is 14.1 Å². The van der Waals surface area contributed by atoms with E-state index in [1.165, 1.54) is 11.0 Å². The van der Waals surface area contributed by atoms with E-state index in [2.05, 4.69) is 0 Å². The summed E-state index contributed by atoms with van der Waals surface area (Å²) < 4.78 is 0.530. The first-order valence-corrected chi connectivity index (χ1v) is 3.57. The van der Waals surface area contributed by atoms with Crippen LogP contribution in [0.3, 0.4) is 0 Å². The van der Waals surface area contributed by atoms with Crippen molar-refractivity contribution in [3.8, 4) is 0 Å². The molecule has 1 aromatic heterocycles. The van der Waals surface area contributed by atoms with Gasteiger partial charge in [0.2, 0.25) is 6.20 Å². The molecule has 70 valence electrons. The van der Waals surface area contributed by atoms with Gasteiger partial charge in [0.1, 0.15) is 0 Å². The summed E-state index contributed by atoms with van der Waals surface area (Å²) in [7, 11) is 3.28. The minimum Gasteiger partial charge on any atom is -0.619 e. The lowest BCUT2D eigenvalue weighted by molar-refractivity contribution is -0.605. The van der Waals surface area contributed by atoms with Crippen LogP contribution in [0.4, 0.5) is 11.4 Å². The Morgan fingerprint density at radius 1 is 1.54 bits per heavy atom. The molecule has 0 spiro atoms. The Hall–Kier alpha value is -1.85. The number of pyridine rings is 1. The molecule has 0 radical (unpaired) electrons. The first-order valence-electron chi connectivity index (χ1n) is 3.57. The molecule has 0 aliphatic carbocycles. The third-order valence-corrected chi connectivity index (χ3v) is 1.57. The fourth-order valence-electron chi connectivity index (χ4n) is 0.958. The molecule has 0 fully saturated rings. The molecule has 1 heterocycles. The van der Waals surface area contributed by atoms with E-state index in [9.17, 15) is 15.3 Å². The first-order chi connectivity index (χ1) is 6.02. The summed E-state index contributed by atoms with van der Waals surface area (Å²) in [5.41, 5.74) is 0.222. The second-order valence-corrected chi connectivity index (χ2v) is 2.73. The summed E-state index contributed by atoms with van der Waals surface area (Å²) in [6.45, 7) is 0. The largest absolute Gasteiger partial charge is 0.619 e. The number of nitro groups is 1. The first kappa shape index (κ1) is 9.24. The maximum atomic E-state index is 10.8. The Bertz CT molecular complexity index is 338. The quantitative estimate of drug-likeness (QED) is 0.286. The third kappa shape index (κ3) is 1.84. The minimum absolute atomic E-state index is 0.0721. The molecule has 0 bridgehead atoms. The number of nitrogens with zero attached hydrogens (tertiary/aromatic N) is 3. The minimum atomic E-state index is -0.519. The molecule has 1 rings (SSSR count). The van der Waals surface area contributed by atoms with Crippen LogP contribution in [0, 0.1) is 15.3 Å². The number of rotatable bonds is 2. The van der Waals surface area contributed by atoms with Crippen LogP contribution < -0.4 is 9.63 Å². The summed E-state index contributed by atoms with van der Waals surface area (Å²) in [6, 6.07) is 1.18. The summed E-state index contributed by atoms with van der Waals surface area (Å²) in [6.07, 6.45) is 2.27. The maximum absolute atomic E-state index is 10.8. The topological polar surface area (TPSA) is 73.3 Å². The molecule has 0 aliphatic rings. The Morgan fingerprint density at radius 2 is 2.15 bits per heavy atom. The molecule has 0 saturated carbocycles. The zero-order valence-electron chi connectivity index (χ0n) is 7.30. The molecule has 0 N–H and O–H groups in total. The number of aromatic nitrogens is 1. The highest BCUT2D eigenvalue weighted by molar-refractivity contribution is 5.59. The fraction of sp³-hybridized carbons (Fsp3) is 0.286. The van der Waals surface area contributed by atoms with Gasteiger partial charge in [-0.05, 0) is 0 Å². The lowest BCUT2D eigenvalue weighted by Gasteiger charge is -2.10. The van der Waals surface area contributed by atoms with E-state index >= 15 is 0 Å². The molecule has 13 heavy (non-hydrogen) atoms. The van der Waals surface area contributed by atoms with Crippen molar-refractivity contribution in [1.82, 2.24) is 0 Å². The van der Waals surface area contributed by atoms with Crippen LogP contribution >= 0.6 is 0 Å². The average molecular weight is 183 g/mol. The normalized spacial score (nSPS) is 9.69. The van der Waals surface area contributed by atoms with Crippen molar-refractivity contribution >= 4 is 11.4 Å². The van der Waals surface area contributed by atoms with Crippen LogP contribution in [0.15, 0.2) is 18.5 Å². The third-order valence-electron chi connectivity index (χ3n) is 1.57. The molecule has 0 amide bonds. The Kier molecular flexibility index (Phi) is 2.32. The molecule has 6 nitrogen and oxygen atoms in total. The number of hydrogen-bond donors (Lipinski definition) is 0. The van der Waals surface area contributed by atoms with Crippen LogP contribution in [0.5, 0.6) is 0 Å². The van der Waals surface area contributed by atoms with E-state index in [0.717, 1.165) is 12.4 Å². The van der Waals surface area contributed by atoms with Crippen LogP contribution in [0.25, 0.3) is 0 Å². The number of anilines is 1. The molecular weight excluding hydrogens is 174 g/mol. The zero-order chi connectivity index (χ0) is 10.0. The highest BCUT2D eigenvalue weighted by atomic mass is 16.6. The average Bonchev–Trinajstić information content (AvgIpc) is 2.03. The Balaban J connectivity index is 3.26. The van der Waals surface area contributed by atoms with Gasteiger partial charge >= 0.3 is 5.69 Å². The summed E-state index contributed by atoms with van der Waals surface area (Å²) in [4.78, 5) is 11.5. The van der Waals surface area contributed by atoms with Crippen LogP contribution in [-0.4, -0.2) is 19.0 Å². The molecule has 0 aromatic carbocycles. The molecular formula is C7H9N3O3. The summed E-state index contributed by atoms with van der Waals surface area (Å²) in [5, 5.41) is 21.3. The van der Waals surface area contributed by atoms with Gasteiger partial charge in [-0.1, -0.05) is 0 Å². The monoisotopic (exact) mass is 183 g/mol. The van der Waals surface area contributed by atoms with Crippen molar-refractivity contribution in [2.45, 2.75) is 0 Å². The molecule has 1 aromatic rings. The van der Waals surface area contributed by atoms with Crippen LogP contribution in [-0.2, 0) is 0 Å². The predicted molar refractivity (Wildman–Crippen MR) is 46.4 cm³/mol. The van der Waals surface area contributed by atoms with Gasteiger partial charge in [-0.25, -0.2) is 0 Å². The standard InChI is InChI=1S/C7H9N3O3/c1-8(2)7-5-9(11)4-3-6(7)10(12)13/h3-5H,1-2H3. The maximum Gasteiger partial charge on any atom is 0.304 e. The van der Waals surface area contributed by atoms with Crippen LogP contribution in [0.2, 0.25) is 0 Å². The van der Waals surface area contributed by atoms with Gasteiger partial charge < -0.3 is 10.1 Å². The lowest BCUT2D eigenvalue weighted by atomic mass is 10.3. The zero-order valence-corrected chi connectivity index (χ0v) is 7.30. The lowest BCUT2D eigenvalue weighted by Crippen LogP contribution is -2.27. The second-order valence-electron chi connectivity index (χ2n) is 2.73. The molecule has 0 saturated heterocycles. The van der Waals surface area contributed by atoms with Crippen molar-refractivity contribution in [2.24, 2.45) is 0 Å². The highest BCUT2D eigenvalue weighted by Crippen LogP contribution is 2.23. The van der Waals surface area contributed by atoms with E-state index in [0.29, 0.717) is 10.4 Å². The smallest absolute Gasteiger partial charge is 0.304 e. The van der Waals surface area contributed by atoms with E-state index in [-0.39, 0.29) is 5.69 Å². The predicted octanol–water partition coefficient (Wildman–Crippen LogP) is 0.294. The molecule has 6 heteroatoms. The van der Waals surface area contributed by atoms with Crippen molar-refractivity contribution < 1.29 is 9.65 Å². The Morgan fingerprint density at radius 3 is 2.62 bits per heavy atom. The van der Waals surface area contributed by atoms with E-state index in [4.69, 9.17) is 0 Å². The van der Waals surface area contributed by atoms with Crippen molar-refractivity contribution in [1.29, 1.82) is 0 Å². The van der Waals surface area contributed by atoms with Gasteiger partial charge in [0.05, 0.1) is 11.0 Å². The van der Waals surface area contributed by atoms with Crippen molar-refractivity contribution in [3.05, 3.63) is 33.8 Å². The Labute approximate surface area is 74.8 Å². The van der Waals surface area contributed by atoms with E-state index in [1.807, 2.05) is 0 Å². The van der Waals surface area contributed by atoms with Gasteiger partial charge in [-0.15, -0.1) is 0 Å². The van der Waals surface area contributed by atoms with Gasteiger partial charge in [0.25, 0.3) is 0 Å². The molecule has 0 aliphatic heterocycles. The second kappa shape index (κ2) is 3.26. The van der Waals surface area contributed by atoms with E-state index < -0.39 is 4.92 Å². The summed E-state index contributed by atoms with van der Waals surface area (Å²) >= 11 is 0. The van der Waals surface area contributed by atoms with Crippen molar-refractivity contribution in [2.75, 3.05) is 19.0 Å². The van der Waals surface area contributed by atoms with Crippen molar-refractivity contribution in [3.63, 3.8) is 0 Å². The van der Waals surface area contributed by atoms with Gasteiger partial charge in [0.15, 0.2) is 11.9 Å². The SMILES string of the molecule is CN(C)c1c[n+]([O-])ccc1[N+](=O)[O-]. The van der Waals surface area contributed by atoms with Gasteiger partial charge in [-0.2, -0.15) is 4.73 Å². The summed E-state index contributed by atoms with van der Waals surface area (Å²) in [5.74, 6) is 0. The number of hydrogen-bond acceptors (Lipinski definition) is 4. The molecule has 0 unspecified atom stereocenters. The van der Waals surface area contributed by atoms with E-state index in [1.54, 1.807) is 14.1 Å². The fourth-order valence-corrected chi connectivity index (χ4v) is 0.958. The highest BCUT2D eigenvalue weighted by Gasteiger charge is 2.18. The molecule has 0 atom stereocenters.